The number of hydrogen-bond donors (Lipinski definition) is 0. The minimum Gasteiger partial charge on any atom is -0.492 e. The van der Waals surface area contributed by atoms with Crippen molar-refractivity contribution in [3.8, 4) is 22.6 Å². The summed E-state index contributed by atoms with van der Waals surface area (Å²) < 4.78 is 11.9. The first-order valence-corrected chi connectivity index (χ1v) is 11.5. The Bertz CT molecular complexity index is 796. The van der Waals surface area contributed by atoms with E-state index in [1.54, 1.807) is 0 Å². The van der Waals surface area contributed by atoms with Gasteiger partial charge in [0.25, 0.3) is 0 Å². The van der Waals surface area contributed by atoms with Crippen molar-refractivity contribution in [1.29, 1.82) is 0 Å². The highest BCUT2D eigenvalue weighted by Gasteiger charge is 2.30. The van der Waals surface area contributed by atoms with Crippen LogP contribution < -0.4 is 9.47 Å². The zero-order valence-corrected chi connectivity index (χ0v) is 19.3. The van der Waals surface area contributed by atoms with Crippen LogP contribution in [0.2, 0.25) is 0 Å². The summed E-state index contributed by atoms with van der Waals surface area (Å²) in [5, 5.41) is 3.44. The molecule has 0 radical (unpaired) electrons. The third-order valence-corrected chi connectivity index (χ3v) is 6.17. The SMILES string of the molecule is CCN(CC)CCOc1ccc2c(c1)C(N=O)c1cc(OCCN(CC)CC)ccc1-2. The van der Waals surface area contributed by atoms with Gasteiger partial charge >= 0.3 is 0 Å². The van der Waals surface area contributed by atoms with E-state index in [1.807, 2.05) is 36.4 Å². The molecule has 0 aromatic heterocycles. The van der Waals surface area contributed by atoms with Gasteiger partial charge in [-0.1, -0.05) is 45.0 Å². The molecule has 0 atom stereocenters. The van der Waals surface area contributed by atoms with Crippen molar-refractivity contribution in [2.45, 2.75) is 33.7 Å². The molecule has 0 spiro atoms. The molecule has 0 amide bonds. The Morgan fingerprint density at radius 2 is 1.16 bits per heavy atom. The molecular formula is C25H35N3O3. The van der Waals surface area contributed by atoms with E-state index in [4.69, 9.17) is 9.47 Å². The molecule has 6 heteroatoms. The smallest absolute Gasteiger partial charge is 0.143 e. The lowest BCUT2D eigenvalue weighted by Crippen LogP contribution is -2.27. The highest BCUT2D eigenvalue weighted by molar-refractivity contribution is 5.80. The second-order valence-corrected chi connectivity index (χ2v) is 7.76. The predicted molar refractivity (Wildman–Crippen MR) is 126 cm³/mol. The summed E-state index contributed by atoms with van der Waals surface area (Å²) in [4.78, 5) is 16.4. The number of rotatable bonds is 13. The van der Waals surface area contributed by atoms with Gasteiger partial charge in [0.05, 0.1) is 0 Å². The topological polar surface area (TPSA) is 54.4 Å². The Morgan fingerprint density at radius 1 is 0.742 bits per heavy atom. The first-order valence-electron chi connectivity index (χ1n) is 11.5. The lowest BCUT2D eigenvalue weighted by Gasteiger charge is -2.18. The van der Waals surface area contributed by atoms with Crippen LogP contribution in [0, 0.1) is 4.91 Å². The molecule has 3 rings (SSSR count). The van der Waals surface area contributed by atoms with E-state index >= 15 is 0 Å². The summed E-state index contributed by atoms with van der Waals surface area (Å²) in [6.45, 7) is 15.7. The maximum atomic E-state index is 11.8. The first kappa shape index (κ1) is 23.2. The van der Waals surface area contributed by atoms with Crippen LogP contribution in [0.5, 0.6) is 11.5 Å². The van der Waals surface area contributed by atoms with E-state index in [-0.39, 0.29) is 0 Å². The van der Waals surface area contributed by atoms with E-state index in [2.05, 4.69) is 42.7 Å². The molecular weight excluding hydrogens is 390 g/mol. The monoisotopic (exact) mass is 425 g/mol. The van der Waals surface area contributed by atoms with Crippen molar-refractivity contribution < 1.29 is 9.47 Å². The normalized spacial score (nSPS) is 12.8. The van der Waals surface area contributed by atoms with Gasteiger partial charge in [0.2, 0.25) is 0 Å². The second-order valence-electron chi connectivity index (χ2n) is 7.76. The van der Waals surface area contributed by atoms with Crippen molar-refractivity contribution in [3.63, 3.8) is 0 Å². The molecule has 31 heavy (non-hydrogen) atoms. The highest BCUT2D eigenvalue weighted by Crippen LogP contribution is 2.47. The summed E-state index contributed by atoms with van der Waals surface area (Å²) in [6, 6.07) is 11.4. The van der Waals surface area contributed by atoms with Crippen LogP contribution >= 0.6 is 0 Å². The Labute approximate surface area is 186 Å². The Morgan fingerprint density at radius 3 is 1.52 bits per heavy atom. The van der Waals surface area contributed by atoms with Gasteiger partial charge in [0.1, 0.15) is 30.8 Å². The third-order valence-electron chi connectivity index (χ3n) is 6.17. The fourth-order valence-corrected chi connectivity index (χ4v) is 4.15. The summed E-state index contributed by atoms with van der Waals surface area (Å²) in [5.41, 5.74) is 3.91. The van der Waals surface area contributed by atoms with Gasteiger partial charge in [0, 0.05) is 13.1 Å². The predicted octanol–water partition coefficient (Wildman–Crippen LogP) is 4.96. The Hall–Kier alpha value is -2.44. The van der Waals surface area contributed by atoms with Gasteiger partial charge in [0.15, 0.2) is 0 Å². The van der Waals surface area contributed by atoms with Gasteiger partial charge in [-0.25, -0.2) is 0 Å². The molecule has 0 saturated carbocycles. The van der Waals surface area contributed by atoms with Crippen LogP contribution in [0.3, 0.4) is 0 Å². The van der Waals surface area contributed by atoms with Crippen molar-refractivity contribution in [3.05, 3.63) is 52.4 Å². The summed E-state index contributed by atoms with van der Waals surface area (Å²) in [6.07, 6.45) is 0. The number of likely N-dealkylation sites (N-methyl/N-ethyl adjacent to an activating group) is 2. The van der Waals surface area contributed by atoms with E-state index in [1.165, 1.54) is 0 Å². The lowest BCUT2D eigenvalue weighted by atomic mass is 10.1. The maximum absolute atomic E-state index is 11.8. The fourth-order valence-electron chi connectivity index (χ4n) is 4.15. The molecule has 1 aliphatic rings. The summed E-state index contributed by atoms with van der Waals surface area (Å²) in [7, 11) is 0. The van der Waals surface area contributed by atoms with Gasteiger partial charge in [-0.15, -0.1) is 4.91 Å². The zero-order chi connectivity index (χ0) is 22.2. The highest BCUT2D eigenvalue weighted by atomic mass is 16.5. The van der Waals surface area contributed by atoms with Crippen LogP contribution in [0.25, 0.3) is 11.1 Å². The van der Waals surface area contributed by atoms with E-state index in [0.29, 0.717) is 13.2 Å². The standard InChI is InChI=1S/C25H35N3O3/c1-5-27(6-2)13-15-30-19-9-11-21-22-12-10-20(31-16-14-28(7-3)8-4)18-24(22)25(26-29)23(21)17-19/h9-12,17-18,25H,5-8,13-16H2,1-4H3. The molecule has 0 heterocycles. The van der Waals surface area contributed by atoms with Gasteiger partial charge in [-0.2, -0.15) is 0 Å². The molecule has 0 N–H and O–H groups in total. The number of benzene rings is 2. The third kappa shape index (κ3) is 5.43. The molecule has 0 saturated heterocycles. The molecule has 1 aliphatic carbocycles. The van der Waals surface area contributed by atoms with Crippen LogP contribution in [0.15, 0.2) is 41.6 Å². The Balaban J connectivity index is 1.70. The lowest BCUT2D eigenvalue weighted by molar-refractivity contribution is 0.222. The summed E-state index contributed by atoms with van der Waals surface area (Å²) in [5.74, 6) is 1.56. The van der Waals surface area contributed by atoms with E-state index in [9.17, 15) is 4.91 Å². The number of nitrogens with zero attached hydrogens (tertiary/aromatic N) is 3. The van der Waals surface area contributed by atoms with Crippen molar-refractivity contribution in [2.24, 2.45) is 5.18 Å². The van der Waals surface area contributed by atoms with Gasteiger partial charge in [-0.3, -0.25) is 0 Å². The van der Waals surface area contributed by atoms with Crippen LogP contribution in [0.4, 0.5) is 0 Å². The van der Waals surface area contributed by atoms with Crippen LogP contribution in [-0.4, -0.2) is 62.3 Å². The molecule has 0 aliphatic heterocycles. The number of hydrogen-bond acceptors (Lipinski definition) is 6. The largest absolute Gasteiger partial charge is 0.492 e. The molecule has 0 fully saturated rings. The minimum atomic E-state index is -0.525. The number of fused-ring (bicyclic) bond motifs is 3. The van der Waals surface area contributed by atoms with Gasteiger partial charge in [-0.05, 0) is 72.7 Å². The van der Waals surface area contributed by atoms with Crippen molar-refractivity contribution in [1.82, 2.24) is 9.80 Å². The van der Waals surface area contributed by atoms with Crippen LogP contribution in [0.1, 0.15) is 44.9 Å². The van der Waals surface area contributed by atoms with Crippen LogP contribution in [-0.2, 0) is 0 Å². The number of ether oxygens (including phenoxy) is 2. The quantitative estimate of drug-likeness (QED) is 0.424. The van der Waals surface area contributed by atoms with Gasteiger partial charge < -0.3 is 19.3 Å². The molecule has 0 bridgehead atoms. The molecule has 0 unspecified atom stereocenters. The minimum absolute atomic E-state index is 0.525. The number of nitroso groups, excluding NO2 is 1. The zero-order valence-electron chi connectivity index (χ0n) is 19.3. The first-order chi connectivity index (χ1) is 15.1. The van der Waals surface area contributed by atoms with E-state index in [0.717, 1.165) is 73.0 Å². The summed E-state index contributed by atoms with van der Waals surface area (Å²) >= 11 is 0. The maximum Gasteiger partial charge on any atom is 0.143 e. The second kappa shape index (κ2) is 11.3. The van der Waals surface area contributed by atoms with Crippen molar-refractivity contribution in [2.75, 3.05) is 52.5 Å². The molecule has 168 valence electrons. The Kier molecular flexibility index (Phi) is 8.43. The van der Waals surface area contributed by atoms with E-state index < -0.39 is 6.04 Å². The molecule has 2 aromatic rings. The molecule has 2 aromatic carbocycles. The molecule has 6 nitrogen and oxygen atoms in total. The average Bonchev–Trinajstić information content (AvgIpc) is 3.11. The fraction of sp³-hybridized carbons (Fsp3) is 0.520. The average molecular weight is 426 g/mol. The van der Waals surface area contributed by atoms with Crippen molar-refractivity contribution >= 4 is 0 Å².